The van der Waals surface area contributed by atoms with Gasteiger partial charge in [-0.2, -0.15) is 17.2 Å². The number of ether oxygens (including phenoxy) is 2. The minimum absolute atomic E-state index is 0. The van der Waals surface area contributed by atoms with Crippen molar-refractivity contribution in [2.75, 3.05) is 13.2 Å². The summed E-state index contributed by atoms with van der Waals surface area (Å²) in [6.07, 6.45) is 11.9. The second-order valence-corrected chi connectivity index (χ2v) is 14.5. The molecule has 0 aromatic rings. The smallest absolute Gasteiger partial charge is 1.00 e. The number of halogens is 2. The molecular formula is C25H37F2NaO6S. The van der Waals surface area contributed by atoms with Crippen LogP contribution in [0.5, 0.6) is 0 Å². The molecule has 8 fully saturated rings. The van der Waals surface area contributed by atoms with Crippen molar-refractivity contribution < 1.29 is 67.0 Å². The van der Waals surface area contributed by atoms with Gasteiger partial charge in [-0.3, -0.25) is 9.35 Å². The van der Waals surface area contributed by atoms with Crippen LogP contribution < -0.4 is 29.6 Å². The van der Waals surface area contributed by atoms with E-state index in [1.54, 1.807) is 0 Å². The normalized spacial score (nSPS) is 44.2. The minimum Gasteiger partial charge on any atom is -1.00 e. The Kier molecular flexibility index (Phi) is 7.00. The summed E-state index contributed by atoms with van der Waals surface area (Å²) in [5.41, 5.74) is -0.728. The van der Waals surface area contributed by atoms with Crippen molar-refractivity contribution in [1.29, 1.82) is 0 Å². The molecule has 8 bridgehead atoms. The van der Waals surface area contributed by atoms with Crippen LogP contribution >= 0.6 is 0 Å². The van der Waals surface area contributed by atoms with Crippen LogP contribution in [0.4, 0.5) is 8.78 Å². The van der Waals surface area contributed by atoms with Gasteiger partial charge in [-0.25, -0.2) is 0 Å². The zero-order valence-electron chi connectivity index (χ0n) is 21.6. The minimum atomic E-state index is -5.57. The summed E-state index contributed by atoms with van der Waals surface area (Å²) in [6, 6.07) is 0. The molecule has 0 aromatic heterocycles. The molecule has 0 heterocycles. The molecule has 1 N–H and O–H groups in total. The number of carbonyl (C=O) groups is 1. The van der Waals surface area contributed by atoms with Gasteiger partial charge in [0.05, 0.1) is 12.0 Å². The molecule has 8 aliphatic carbocycles. The number of esters is 1. The van der Waals surface area contributed by atoms with Gasteiger partial charge < -0.3 is 10.9 Å². The van der Waals surface area contributed by atoms with Crippen LogP contribution in [0, 0.1) is 46.3 Å². The summed E-state index contributed by atoms with van der Waals surface area (Å²) in [7, 11) is -5.57. The molecule has 0 saturated heterocycles. The maximum Gasteiger partial charge on any atom is 1.00 e. The Hall–Kier alpha value is 0.200. The third-order valence-corrected chi connectivity index (χ3v) is 11.3. The van der Waals surface area contributed by atoms with Crippen molar-refractivity contribution in [2.24, 2.45) is 46.3 Å². The zero-order chi connectivity index (χ0) is 23.9. The molecule has 35 heavy (non-hydrogen) atoms. The van der Waals surface area contributed by atoms with Gasteiger partial charge in [0.1, 0.15) is 12.7 Å². The van der Waals surface area contributed by atoms with Gasteiger partial charge in [0.2, 0.25) is 0 Å². The van der Waals surface area contributed by atoms with Crippen LogP contribution in [0.1, 0.15) is 78.5 Å². The van der Waals surface area contributed by atoms with Gasteiger partial charge in [-0.05, 0) is 113 Å². The fourth-order valence-electron chi connectivity index (χ4n) is 9.88. The molecular weight excluding hydrogens is 489 g/mol. The average molecular weight is 527 g/mol. The van der Waals surface area contributed by atoms with E-state index < -0.39 is 33.5 Å². The molecule has 8 aliphatic rings. The summed E-state index contributed by atoms with van der Waals surface area (Å²) in [6.45, 7) is -1.70. The summed E-state index contributed by atoms with van der Waals surface area (Å²) >= 11 is 0. The third-order valence-electron chi connectivity index (χ3n) is 10.4. The monoisotopic (exact) mass is 526 g/mol. The molecule has 0 aliphatic heterocycles. The number of hydrogen-bond acceptors (Lipinski definition) is 5. The molecule has 10 heteroatoms. The Bertz CT molecular complexity index is 890. The summed E-state index contributed by atoms with van der Waals surface area (Å²) in [5.74, 6) is 3.30. The Morgan fingerprint density at radius 2 is 1.29 bits per heavy atom. The molecule has 194 valence electrons. The first-order chi connectivity index (χ1) is 16.0. The van der Waals surface area contributed by atoms with Gasteiger partial charge in [-0.1, -0.05) is 0 Å². The van der Waals surface area contributed by atoms with Crippen molar-refractivity contribution in [3.05, 3.63) is 0 Å². The molecule has 0 amide bonds. The van der Waals surface area contributed by atoms with Gasteiger partial charge in [-0.15, -0.1) is 0 Å². The molecule has 6 nitrogen and oxygen atoms in total. The van der Waals surface area contributed by atoms with E-state index in [9.17, 15) is 22.0 Å². The van der Waals surface area contributed by atoms with Gasteiger partial charge in [0, 0.05) is 5.41 Å². The Morgan fingerprint density at radius 1 is 0.886 bits per heavy atom. The number of rotatable bonds is 8. The van der Waals surface area contributed by atoms with Crippen molar-refractivity contribution >= 4 is 16.1 Å². The first-order valence-electron chi connectivity index (χ1n) is 13.1. The fourth-order valence-corrected chi connectivity index (χ4v) is 10.1. The zero-order valence-corrected chi connectivity index (χ0v) is 23.4. The van der Waals surface area contributed by atoms with Crippen LogP contribution in [0.25, 0.3) is 0 Å². The number of hydrogen-bond donors (Lipinski definition) is 1. The maximum absolute atomic E-state index is 13.8. The van der Waals surface area contributed by atoms with Crippen LogP contribution in [0.3, 0.4) is 0 Å². The first kappa shape index (κ1) is 26.8. The largest absolute Gasteiger partial charge is 1.00 e. The Morgan fingerprint density at radius 3 is 1.69 bits per heavy atom. The molecule has 1 unspecified atom stereocenters. The van der Waals surface area contributed by atoms with Crippen LogP contribution in [-0.2, 0) is 24.4 Å². The Balaban J connectivity index is 0.00000152. The van der Waals surface area contributed by atoms with Crippen molar-refractivity contribution in [3.63, 3.8) is 0 Å². The van der Waals surface area contributed by atoms with Crippen LogP contribution in [0.15, 0.2) is 0 Å². The van der Waals surface area contributed by atoms with Crippen molar-refractivity contribution in [1.82, 2.24) is 0 Å². The summed E-state index contributed by atoms with van der Waals surface area (Å²) in [5, 5.41) is -4.39. The van der Waals surface area contributed by atoms with Crippen LogP contribution in [0.2, 0.25) is 0 Å². The van der Waals surface area contributed by atoms with E-state index in [0.29, 0.717) is 35.5 Å². The van der Waals surface area contributed by atoms with E-state index in [0.717, 1.165) is 38.5 Å². The average Bonchev–Trinajstić information content (AvgIpc) is 2.70. The third kappa shape index (κ3) is 4.77. The predicted octanol–water partition coefficient (Wildman–Crippen LogP) is 1.94. The van der Waals surface area contributed by atoms with E-state index in [2.05, 4.69) is 0 Å². The van der Waals surface area contributed by atoms with Gasteiger partial charge >= 0.3 is 50.9 Å². The SMILES string of the molecule is O=C(OC(COCC(F)(F)S(=O)(=O)O)C12CC3CC(CC(C3)C1)C2)C12CC3CC(CC(C3)C1)C2.[H-].[Na+]. The van der Waals surface area contributed by atoms with E-state index in [-0.39, 0.29) is 49.0 Å². The topological polar surface area (TPSA) is 89.9 Å². The van der Waals surface area contributed by atoms with E-state index in [1.165, 1.54) is 38.5 Å². The predicted molar refractivity (Wildman–Crippen MR) is 120 cm³/mol. The molecule has 8 rings (SSSR count). The summed E-state index contributed by atoms with van der Waals surface area (Å²) in [4.78, 5) is 13.8. The van der Waals surface area contributed by atoms with E-state index >= 15 is 0 Å². The van der Waals surface area contributed by atoms with Gasteiger partial charge in [0.15, 0.2) is 0 Å². The first-order valence-corrected chi connectivity index (χ1v) is 14.5. The fraction of sp³-hybridized carbons (Fsp3) is 0.960. The number of carbonyl (C=O) groups excluding carboxylic acids is 1. The molecule has 0 radical (unpaired) electrons. The second-order valence-electron chi connectivity index (χ2n) is 13.0. The van der Waals surface area contributed by atoms with E-state index in [4.69, 9.17) is 14.0 Å². The second kappa shape index (κ2) is 9.15. The number of alkyl halides is 2. The van der Waals surface area contributed by atoms with Crippen LogP contribution in [-0.4, -0.2) is 43.5 Å². The molecule has 0 aromatic carbocycles. The van der Waals surface area contributed by atoms with Crippen molar-refractivity contribution in [3.8, 4) is 0 Å². The molecule has 0 spiro atoms. The molecule has 1 atom stereocenters. The Labute approximate surface area is 230 Å². The quantitative estimate of drug-likeness (QED) is 0.296. The summed E-state index contributed by atoms with van der Waals surface area (Å²) < 4.78 is 70.1. The van der Waals surface area contributed by atoms with E-state index in [1.807, 2.05) is 0 Å². The van der Waals surface area contributed by atoms with Crippen molar-refractivity contribution in [2.45, 2.75) is 88.4 Å². The standard InChI is InChI=1S/C25H36F2O6S.Na.H/c26-25(27,34(29,30)31)14-32-13-21(23-7-15-1-16(8-23)3-17(2-15)9-23)33-22(28)24-10-18-4-19(11-24)6-20(5-18)12-24;;/h15-21H,1-14H2,(H,29,30,31);;/q;+1;-1. The maximum atomic E-state index is 13.8. The molecule has 8 saturated carbocycles. The van der Waals surface area contributed by atoms with Gasteiger partial charge in [0.25, 0.3) is 0 Å².